The van der Waals surface area contributed by atoms with Crippen molar-refractivity contribution in [3.63, 3.8) is 0 Å². The fourth-order valence-corrected chi connectivity index (χ4v) is 2.79. The number of benzene rings is 2. The van der Waals surface area contributed by atoms with Gasteiger partial charge in [-0.15, -0.1) is 0 Å². The maximum Gasteiger partial charge on any atom is 0.416 e. The van der Waals surface area contributed by atoms with Gasteiger partial charge < -0.3 is 15.8 Å². The van der Waals surface area contributed by atoms with Crippen LogP contribution in [0, 0.1) is 5.92 Å². The van der Waals surface area contributed by atoms with Crippen LogP contribution in [0.25, 0.3) is 0 Å². The first kappa shape index (κ1) is 17.3. The van der Waals surface area contributed by atoms with Crippen molar-refractivity contribution in [2.45, 2.75) is 19.1 Å². The number of alkyl halides is 3. The van der Waals surface area contributed by atoms with Crippen molar-refractivity contribution in [3.05, 3.63) is 59.2 Å². The molecule has 0 fully saturated rings. The topological polar surface area (TPSA) is 64.3 Å². The zero-order valence-electron chi connectivity index (χ0n) is 13.3. The molecule has 0 aromatic heterocycles. The third-order valence-corrected chi connectivity index (χ3v) is 4.07. The van der Waals surface area contributed by atoms with Crippen LogP contribution < -0.4 is 15.8 Å². The molecule has 132 valence electrons. The quantitative estimate of drug-likeness (QED) is 0.892. The molecule has 2 aromatic carbocycles. The number of carbonyl (C=O) groups excluding carboxylic acids is 1. The van der Waals surface area contributed by atoms with Crippen LogP contribution in [0.4, 0.5) is 18.9 Å². The summed E-state index contributed by atoms with van der Waals surface area (Å²) in [7, 11) is 0. The van der Waals surface area contributed by atoms with Crippen LogP contribution >= 0.6 is 0 Å². The van der Waals surface area contributed by atoms with Crippen LogP contribution in [0.2, 0.25) is 0 Å². The van der Waals surface area contributed by atoms with Gasteiger partial charge in [0, 0.05) is 12.2 Å². The van der Waals surface area contributed by atoms with Crippen molar-refractivity contribution in [2.75, 3.05) is 11.9 Å². The Kier molecular flexibility index (Phi) is 4.67. The number of nitrogens with one attached hydrogen (secondary N) is 1. The number of para-hydroxylation sites is 1. The van der Waals surface area contributed by atoms with E-state index in [0.29, 0.717) is 12.0 Å². The molecular weight excluding hydrogens is 333 g/mol. The lowest BCUT2D eigenvalue weighted by Crippen LogP contribution is -2.32. The highest BCUT2D eigenvalue weighted by Gasteiger charge is 2.32. The van der Waals surface area contributed by atoms with Crippen LogP contribution in [0.3, 0.4) is 0 Å². The number of hydrogen-bond acceptors (Lipinski definition) is 3. The Balaban J connectivity index is 1.77. The maximum absolute atomic E-state index is 13.0. The smallest absolute Gasteiger partial charge is 0.416 e. The summed E-state index contributed by atoms with van der Waals surface area (Å²) in [6.07, 6.45) is -4.03. The normalized spacial score (nSPS) is 16.7. The number of carbonyl (C=O) groups is 1. The lowest BCUT2D eigenvalue weighted by atomic mass is 9.96. The average molecular weight is 350 g/mol. The number of nitrogens with two attached hydrogens (primary N) is 1. The Labute approximate surface area is 142 Å². The van der Waals surface area contributed by atoms with E-state index in [2.05, 4.69) is 5.32 Å². The first-order chi connectivity index (χ1) is 11.9. The van der Waals surface area contributed by atoms with Gasteiger partial charge in [-0.05, 0) is 41.8 Å². The van der Waals surface area contributed by atoms with Gasteiger partial charge in [0.05, 0.1) is 11.5 Å². The minimum atomic E-state index is -4.50. The Hall–Kier alpha value is -2.54. The van der Waals surface area contributed by atoms with E-state index < -0.39 is 17.7 Å². The van der Waals surface area contributed by atoms with Gasteiger partial charge in [0.15, 0.2) is 0 Å². The van der Waals surface area contributed by atoms with Gasteiger partial charge in [-0.25, -0.2) is 0 Å². The Morgan fingerprint density at radius 2 is 2.00 bits per heavy atom. The molecule has 1 heterocycles. The summed E-state index contributed by atoms with van der Waals surface area (Å²) in [5.74, 6) is -0.112. The molecule has 1 aliphatic heterocycles. The van der Waals surface area contributed by atoms with Gasteiger partial charge in [-0.2, -0.15) is 13.2 Å². The Morgan fingerprint density at radius 3 is 2.72 bits per heavy atom. The van der Waals surface area contributed by atoms with Gasteiger partial charge in [0.1, 0.15) is 12.4 Å². The molecule has 0 aliphatic carbocycles. The highest BCUT2D eigenvalue weighted by Crippen LogP contribution is 2.32. The summed E-state index contributed by atoms with van der Waals surface area (Å²) in [6.45, 7) is 0.137. The number of hydrogen-bond donors (Lipinski definition) is 2. The highest BCUT2D eigenvalue weighted by molar-refractivity contribution is 5.93. The molecule has 2 aromatic rings. The second-order valence-electron chi connectivity index (χ2n) is 5.93. The van der Waals surface area contributed by atoms with E-state index in [1.807, 2.05) is 24.3 Å². The molecule has 0 bridgehead atoms. The molecule has 1 amide bonds. The first-order valence-corrected chi connectivity index (χ1v) is 7.79. The first-order valence-electron chi connectivity index (χ1n) is 7.79. The second kappa shape index (κ2) is 6.76. The van der Waals surface area contributed by atoms with Crippen molar-refractivity contribution < 1.29 is 22.7 Å². The number of amides is 1. The van der Waals surface area contributed by atoms with Crippen molar-refractivity contribution >= 4 is 11.6 Å². The summed E-state index contributed by atoms with van der Waals surface area (Å²) in [6, 6.07) is 10.7. The number of ether oxygens (including phenoxy) is 1. The summed E-state index contributed by atoms with van der Waals surface area (Å²) in [5.41, 5.74) is 5.91. The van der Waals surface area contributed by atoms with Crippen LogP contribution in [-0.4, -0.2) is 12.5 Å². The van der Waals surface area contributed by atoms with Crippen molar-refractivity contribution in [2.24, 2.45) is 11.7 Å². The van der Waals surface area contributed by atoms with Gasteiger partial charge in [-0.1, -0.05) is 18.2 Å². The zero-order chi connectivity index (χ0) is 18.0. The third-order valence-electron chi connectivity index (χ3n) is 4.07. The van der Waals surface area contributed by atoms with Crippen LogP contribution in [-0.2, 0) is 23.9 Å². The largest absolute Gasteiger partial charge is 0.492 e. The highest BCUT2D eigenvalue weighted by atomic mass is 19.4. The molecule has 1 atom stereocenters. The van der Waals surface area contributed by atoms with Crippen molar-refractivity contribution in [1.29, 1.82) is 0 Å². The summed E-state index contributed by atoms with van der Waals surface area (Å²) in [4.78, 5) is 12.4. The van der Waals surface area contributed by atoms with Gasteiger partial charge in [0.25, 0.3) is 0 Å². The summed E-state index contributed by atoms with van der Waals surface area (Å²) in [5, 5.41) is 2.56. The average Bonchev–Trinajstić information content (AvgIpc) is 2.60. The lowest BCUT2D eigenvalue weighted by molar-refractivity contribution is -0.137. The van der Waals surface area contributed by atoms with E-state index in [4.69, 9.17) is 10.5 Å². The van der Waals surface area contributed by atoms with Gasteiger partial charge in [-0.3, -0.25) is 4.79 Å². The lowest BCUT2D eigenvalue weighted by Gasteiger charge is -2.24. The monoisotopic (exact) mass is 350 g/mol. The number of halogens is 3. The molecule has 1 unspecified atom stereocenters. The van der Waals surface area contributed by atoms with E-state index in [1.54, 1.807) is 0 Å². The molecular formula is C18H17F3N2O2. The van der Waals surface area contributed by atoms with E-state index >= 15 is 0 Å². The number of anilines is 1. The van der Waals surface area contributed by atoms with E-state index in [9.17, 15) is 18.0 Å². The van der Waals surface area contributed by atoms with Crippen molar-refractivity contribution in [1.82, 2.24) is 0 Å². The molecule has 0 spiro atoms. The zero-order valence-corrected chi connectivity index (χ0v) is 13.3. The predicted molar refractivity (Wildman–Crippen MR) is 87.1 cm³/mol. The molecule has 0 radical (unpaired) electrons. The fraction of sp³-hybridized carbons (Fsp3) is 0.278. The number of rotatable bonds is 3. The molecule has 1 aliphatic rings. The molecule has 25 heavy (non-hydrogen) atoms. The van der Waals surface area contributed by atoms with Crippen LogP contribution in [0.15, 0.2) is 42.5 Å². The van der Waals surface area contributed by atoms with E-state index in [-0.39, 0.29) is 24.7 Å². The second-order valence-corrected chi connectivity index (χ2v) is 5.93. The van der Waals surface area contributed by atoms with E-state index in [0.717, 1.165) is 23.4 Å². The Bertz CT molecular complexity index is 790. The molecule has 0 saturated carbocycles. The standard InChI is InChI=1S/C18H17F3N2O2/c19-18(20,21)14-5-11(9-22)6-15(8-14)23-17(24)13-7-12-3-1-2-4-16(12)25-10-13/h1-6,8,13H,7,9-10,22H2,(H,23,24). The van der Waals surface area contributed by atoms with Crippen LogP contribution in [0.1, 0.15) is 16.7 Å². The molecule has 3 N–H and O–H groups in total. The Morgan fingerprint density at radius 1 is 1.24 bits per heavy atom. The minimum Gasteiger partial charge on any atom is -0.492 e. The summed E-state index contributed by atoms with van der Waals surface area (Å²) < 4.78 is 44.5. The van der Waals surface area contributed by atoms with Gasteiger partial charge in [0.2, 0.25) is 5.91 Å². The molecule has 0 saturated heterocycles. The third kappa shape index (κ3) is 3.93. The van der Waals surface area contributed by atoms with Gasteiger partial charge >= 0.3 is 6.18 Å². The van der Waals surface area contributed by atoms with Crippen LogP contribution in [0.5, 0.6) is 5.75 Å². The maximum atomic E-state index is 13.0. The summed E-state index contributed by atoms with van der Waals surface area (Å²) >= 11 is 0. The fourth-order valence-electron chi connectivity index (χ4n) is 2.79. The molecule has 3 rings (SSSR count). The SMILES string of the molecule is NCc1cc(NC(=O)C2COc3ccccc3C2)cc(C(F)(F)F)c1. The van der Waals surface area contributed by atoms with E-state index in [1.165, 1.54) is 6.07 Å². The van der Waals surface area contributed by atoms with Crippen molar-refractivity contribution in [3.8, 4) is 5.75 Å². The molecule has 4 nitrogen and oxygen atoms in total. The predicted octanol–water partition coefficient (Wildman–Crippen LogP) is 3.35. The molecule has 7 heteroatoms. The minimum absolute atomic E-state index is 0.0489. The number of fused-ring (bicyclic) bond motifs is 1.